The minimum atomic E-state index is 0.0407. The average Bonchev–Trinajstić information content (AvgIpc) is 2.46. The molecule has 0 saturated carbocycles. The minimum absolute atomic E-state index is 0.0407. The summed E-state index contributed by atoms with van der Waals surface area (Å²) in [6.45, 7) is 2.18. The van der Waals surface area contributed by atoms with Crippen LogP contribution in [0.2, 0.25) is 0 Å². The van der Waals surface area contributed by atoms with Crippen molar-refractivity contribution in [2.45, 2.75) is 12.8 Å². The van der Waals surface area contributed by atoms with Gasteiger partial charge in [-0.15, -0.1) is 0 Å². The van der Waals surface area contributed by atoms with Crippen LogP contribution in [0.3, 0.4) is 0 Å². The largest absolute Gasteiger partial charge is 0.345 e. The van der Waals surface area contributed by atoms with Crippen molar-refractivity contribution in [1.29, 1.82) is 0 Å². The van der Waals surface area contributed by atoms with Crippen molar-refractivity contribution in [2.24, 2.45) is 0 Å². The highest BCUT2D eigenvalue weighted by Crippen LogP contribution is 2.24. The smallest absolute Gasteiger partial charge is 0.253 e. The third kappa shape index (κ3) is 3.02. The fourth-order valence-corrected chi connectivity index (χ4v) is 2.11. The monoisotopic (exact) mass is 253 g/mol. The van der Waals surface area contributed by atoms with Gasteiger partial charge in [-0.25, -0.2) is 0 Å². The maximum absolute atomic E-state index is 11.8. The molecule has 0 radical (unpaired) electrons. The molecule has 0 aliphatic heterocycles. The predicted molar refractivity (Wildman–Crippen MR) is 78.4 cm³/mol. The van der Waals surface area contributed by atoms with Gasteiger partial charge < -0.3 is 4.90 Å². The highest BCUT2D eigenvalue weighted by Gasteiger charge is 2.10. The Morgan fingerprint density at radius 1 is 0.895 bits per heavy atom. The van der Waals surface area contributed by atoms with Gasteiger partial charge in [0.2, 0.25) is 0 Å². The molecule has 1 atom stereocenters. The first-order chi connectivity index (χ1) is 9.09. The Balaban J connectivity index is 2.21. The average molecular weight is 253 g/mol. The molecule has 0 bridgehead atoms. The SMILES string of the molecule is C[C@H](c1ccccc1)c1ccc(C(=O)N(C)C)cc1. The van der Waals surface area contributed by atoms with Gasteiger partial charge in [0.1, 0.15) is 0 Å². The summed E-state index contributed by atoms with van der Waals surface area (Å²) in [7, 11) is 3.53. The molecular formula is C17H19NO. The summed E-state index contributed by atoms with van der Waals surface area (Å²) in [5.74, 6) is 0.378. The van der Waals surface area contributed by atoms with E-state index in [2.05, 4.69) is 31.2 Å². The van der Waals surface area contributed by atoms with Gasteiger partial charge in [-0.1, -0.05) is 49.4 Å². The van der Waals surface area contributed by atoms with E-state index in [4.69, 9.17) is 0 Å². The van der Waals surface area contributed by atoms with Crippen molar-refractivity contribution in [3.63, 3.8) is 0 Å². The number of carbonyl (C=O) groups is 1. The summed E-state index contributed by atoms with van der Waals surface area (Å²) in [6, 6.07) is 18.3. The topological polar surface area (TPSA) is 20.3 Å². The number of amides is 1. The van der Waals surface area contributed by atoms with E-state index >= 15 is 0 Å². The van der Waals surface area contributed by atoms with E-state index in [1.54, 1.807) is 19.0 Å². The maximum atomic E-state index is 11.8. The second kappa shape index (κ2) is 5.70. The van der Waals surface area contributed by atoms with Crippen LogP contribution in [-0.2, 0) is 0 Å². The number of hydrogen-bond acceptors (Lipinski definition) is 1. The summed E-state index contributed by atoms with van der Waals surface area (Å²) < 4.78 is 0. The van der Waals surface area contributed by atoms with Crippen LogP contribution in [-0.4, -0.2) is 24.9 Å². The molecule has 2 heteroatoms. The molecule has 0 aliphatic rings. The third-order valence-electron chi connectivity index (χ3n) is 3.36. The maximum Gasteiger partial charge on any atom is 0.253 e. The molecule has 1 amide bonds. The van der Waals surface area contributed by atoms with Crippen LogP contribution in [0.4, 0.5) is 0 Å². The molecule has 2 aromatic carbocycles. The van der Waals surface area contributed by atoms with Crippen LogP contribution in [0, 0.1) is 0 Å². The second-order valence-corrected chi connectivity index (χ2v) is 4.95. The van der Waals surface area contributed by atoms with E-state index in [-0.39, 0.29) is 5.91 Å². The van der Waals surface area contributed by atoms with Crippen molar-refractivity contribution < 1.29 is 4.79 Å². The van der Waals surface area contributed by atoms with Crippen LogP contribution in [0.15, 0.2) is 54.6 Å². The molecule has 98 valence electrons. The molecule has 2 nitrogen and oxygen atoms in total. The summed E-state index contributed by atoms with van der Waals surface area (Å²) >= 11 is 0. The lowest BCUT2D eigenvalue weighted by molar-refractivity contribution is 0.0827. The molecular weight excluding hydrogens is 234 g/mol. The fraction of sp³-hybridized carbons (Fsp3) is 0.235. The van der Waals surface area contributed by atoms with Crippen LogP contribution in [0.25, 0.3) is 0 Å². The van der Waals surface area contributed by atoms with Crippen molar-refractivity contribution in [2.75, 3.05) is 14.1 Å². The van der Waals surface area contributed by atoms with E-state index in [0.29, 0.717) is 5.92 Å². The Hall–Kier alpha value is -2.09. The normalized spacial score (nSPS) is 11.9. The van der Waals surface area contributed by atoms with Gasteiger partial charge in [0.15, 0.2) is 0 Å². The Kier molecular flexibility index (Phi) is 4.00. The Morgan fingerprint density at radius 2 is 1.42 bits per heavy atom. The first kappa shape index (κ1) is 13.3. The number of nitrogens with zero attached hydrogens (tertiary/aromatic N) is 1. The van der Waals surface area contributed by atoms with Crippen molar-refractivity contribution in [1.82, 2.24) is 4.90 Å². The molecule has 0 fully saturated rings. The molecule has 0 heterocycles. The highest BCUT2D eigenvalue weighted by atomic mass is 16.2. The lowest BCUT2D eigenvalue weighted by Crippen LogP contribution is -2.21. The van der Waals surface area contributed by atoms with Crippen LogP contribution < -0.4 is 0 Å². The molecule has 0 N–H and O–H groups in total. The van der Waals surface area contributed by atoms with E-state index in [0.717, 1.165) is 5.56 Å². The number of hydrogen-bond donors (Lipinski definition) is 0. The van der Waals surface area contributed by atoms with Gasteiger partial charge in [-0.05, 0) is 23.3 Å². The Labute approximate surface area is 114 Å². The van der Waals surface area contributed by atoms with Gasteiger partial charge in [0, 0.05) is 25.6 Å². The van der Waals surface area contributed by atoms with Crippen molar-refractivity contribution >= 4 is 5.91 Å². The lowest BCUT2D eigenvalue weighted by Gasteiger charge is -2.14. The highest BCUT2D eigenvalue weighted by molar-refractivity contribution is 5.93. The minimum Gasteiger partial charge on any atom is -0.345 e. The molecule has 0 saturated heterocycles. The zero-order chi connectivity index (χ0) is 13.8. The molecule has 2 aromatic rings. The van der Waals surface area contributed by atoms with Gasteiger partial charge in [-0.3, -0.25) is 4.79 Å². The number of rotatable bonds is 3. The number of benzene rings is 2. The molecule has 0 aromatic heterocycles. The fourth-order valence-electron chi connectivity index (χ4n) is 2.11. The Bertz CT molecular complexity index is 543. The van der Waals surface area contributed by atoms with Crippen molar-refractivity contribution in [3.05, 3.63) is 71.3 Å². The molecule has 0 spiro atoms. The van der Waals surface area contributed by atoms with E-state index in [1.165, 1.54) is 11.1 Å². The van der Waals surface area contributed by atoms with E-state index in [1.807, 2.05) is 30.3 Å². The lowest BCUT2D eigenvalue weighted by atomic mass is 9.92. The zero-order valence-electron chi connectivity index (χ0n) is 11.6. The number of carbonyl (C=O) groups excluding carboxylic acids is 1. The molecule has 0 aliphatic carbocycles. The van der Waals surface area contributed by atoms with E-state index < -0.39 is 0 Å². The summed E-state index contributed by atoms with van der Waals surface area (Å²) in [6.07, 6.45) is 0. The van der Waals surface area contributed by atoms with Crippen LogP contribution >= 0.6 is 0 Å². The van der Waals surface area contributed by atoms with Gasteiger partial charge in [-0.2, -0.15) is 0 Å². The zero-order valence-corrected chi connectivity index (χ0v) is 11.6. The van der Waals surface area contributed by atoms with Crippen molar-refractivity contribution in [3.8, 4) is 0 Å². The predicted octanol–water partition coefficient (Wildman–Crippen LogP) is 3.54. The molecule has 19 heavy (non-hydrogen) atoms. The first-order valence-electron chi connectivity index (χ1n) is 6.46. The van der Waals surface area contributed by atoms with Crippen LogP contribution in [0.5, 0.6) is 0 Å². The van der Waals surface area contributed by atoms with Gasteiger partial charge in [0.25, 0.3) is 5.91 Å². The Morgan fingerprint density at radius 3 is 1.95 bits per heavy atom. The third-order valence-corrected chi connectivity index (χ3v) is 3.36. The standard InChI is InChI=1S/C17H19NO/c1-13(14-7-5-4-6-8-14)15-9-11-16(12-10-15)17(19)18(2)3/h4-13H,1-3H3/t13-/m1/s1. The van der Waals surface area contributed by atoms with Gasteiger partial charge >= 0.3 is 0 Å². The summed E-state index contributed by atoms with van der Waals surface area (Å²) in [4.78, 5) is 13.4. The second-order valence-electron chi connectivity index (χ2n) is 4.95. The molecule has 0 unspecified atom stereocenters. The first-order valence-corrected chi connectivity index (χ1v) is 6.46. The van der Waals surface area contributed by atoms with Gasteiger partial charge in [0.05, 0.1) is 0 Å². The quantitative estimate of drug-likeness (QED) is 0.819. The van der Waals surface area contributed by atoms with Crippen LogP contribution in [0.1, 0.15) is 34.3 Å². The molecule has 2 rings (SSSR count). The van der Waals surface area contributed by atoms with E-state index in [9.17, 15) is 4.79 Å². The summed E-state index contributed by atoms with van der Waals surface area (Å²) in [5, 5.41) is 0. The summed E-state index contributed by atoms with van der Waals surface area (Å²) in [5.41, 5.74) is 3.24.